The van der Waals surface area contributed by atoms with Crippen LogP contribution in [0.4, 0.5) is 36.3 Å². The first kappa shape index (κ1) is 27.9. The molecule has 0 unspecified atom stereocenters. The van der Waals surface area contributed by atoms with E-state index in [4.69, 9.17) is 10.6 Å². The third-order valence-corrected chi connectivity index (χ3v) is 7.44. The summed E-state index contributed by atoms with van der Waals surface area (Å²) in [6, 6.07) is 11.9. The number of hydrazine groups is 1. The van der Waals surface area contributed by atoms with Crippen LogP contribution in [0.5, 0.6) is 0 Å². The molecule has 3 N–H and O–H groups in total. The van der Waals surface area contributed by atoms with E-state index < -0.39 is 30.5 Å². The van der Waals surface area contributed by atoms with Gasteiger partial charge in [0.2, 0.25) is 0 Å². The number of nitrogens with one attached hydrogen (secondary N) is 1. The van der Waals surface area contributed by atoms with Crippen LogP contribution in [0.15, 0.2) is 53.8 Å². The smallest absolute Gasteiger partial charge is 0.316 e. The quantitative estimate of drug-likeness (QED) is 0.102. The van der Waals surface area contributed by atoms with E-state index in [2.05, 4.69) is 31.8 Å². The highest BCUT2D eigenvalue weighted by molar-refractivity contribution is 14.2. The van der Waals surface area contributed by atoms with Crippen LogP contribution in [-0.4, -0.2) is 47.0 Å². The van der Waals surface area contributed by atoms with Crippen LogP contribution >= 0.6 is 20.7 Å². The van der Waals surface area contributed by atoms with Gasteiger partial charge in [0.25, 0.3) is 5.95 Å². The minimum atomic E-state index is -2.88. The Balaban J connectivity index is 1.52. The van der Waals surface area contributed by atoms with Crippen LogP contribution in [-0.2, 0) is 15.1 Å². The van der Waals surface area contributed by atoms with Gasteiger partial charge in [-0.25, -0.2) is 15.2 Å². The second-order valence-corrected chi connectivity index (χ2v) is 10.6. The van der Waals surface area contributed by atoms with Crippen molar-refractivity contribution in [3.63, 3.8) is 0 Å². The third kappa shape index (κ3) is 6.85. The lowest BCUT2D eigenvalue weighted by molar-refractivity contribution is 0.122. The van der Waals surface area contributed by atoms with Crippen molar-refractivity contribution in [3.8, 4) is 0 Å². The topological polar surface area (TPSA) is 91.9 Å². The van der Waals surface area contributed by atoms with Gasteiger partial charge in [-0.15, -0.1) is 0 Å². The summed E-state index contributed by atoms with van der Waals surface area (Å²) < 4.78 is 48.5. The van der Waals surface area contributed by atoms with E-state index in [0.29, 0.717) is 32.0 Å². The molecule has 0 bridgehead atoms. The fraction of sp³-hybridized carbons (Fsp3) is 0.308. The fourth-order valence-corrected chi connectivity index (χ4v) is 4.72. The maximum Gasteiger partial charge on any atom is 0.316 e. The molecule has 3 aromatic rings. The maximum atomic E-state index is 14.3. The summed E-state index contributed by atoms with van der Waals surface area (Å²) in [5.74, 6) is 5.75. The third-order valence-electron chi connectivity index (χ3n) is 5.86. The average Bonchev–Trinajstić information content (AvgIpc) is 2.93. The predicted octanol–water partition coefficient (Wildman–Crippen LogP) is 5.31. The Bertz CT molecular complexity index is 1300. The number of aromatic nitrogens is 2. The number of morpholine rings is 1. The molecule has 0 atom stereocenters. The van der Waals surface area contributed by atoms with Crippen molar-refractivity contribution in [2.24, 2.45) is 10.9 Å². The van der Waals surface area contributed by atoms with Crippen molar-refractivity contribution >= 4 is 54.6 Å². The number of rotatable bonds is 10. The predicted molar refractivity (Wildman–Crippen MR) is 154 cm³/mol. The van der Waals surface area contributed by atoms with E-state index in [9.17, 15) is 13.2 Å². The molecule has 202 valence electrons. The zero-order valence-electron chi connectivity index (χ0n) is 20.9. The number of anilines is 4. The monoisotopic (exact) mass is 639 g/mol. The SMILES string of the molecule is C=IC(F)(F)c1cccc(Nc2ccc(/C=N/N(N)c3ncc(F)c(N4CCOCC4)n3)c(CCC)c2)c1. The average molecular weight is 639 g/mol. The van der Waals surface area contributed by atoms with Gasteiger partial charge in [-0.3, -0.25) is 0 Å². The molecule has 12 heteroatoms. The first-order valence-electron chi connectivity index (χ1n) is 12.0. The largest absolute Gasteiger partial charge is 0.378 e. The van der Waals surface area contributed by atoms with E-state index >= 15 is 0 Å². The molecular formula is C26H29F3IN7O. The number of hydrogen-bond donors (Lipinski definition) is 2. The van der Waals surface area contributed by atoms with Gasteiger partial charge in [0.1, 0.15) is 0 Å². The molecule has 1 aliphatic rings. The number of halogens is 4. The van der Waals surface area contributed by atoms with Gasteiger partial charge >= 0.3 is 3.93 Å². The van der Waals surface area contributed by atoms with Gasteiger partial charge in [-0.1, -0.05) is 36.1 Å². The standard InChI is InChI=1S/C26H29F3IN7O/c1-3-5-18-14-22(34-21-7-4-6-20(15-21)26(28,29)30-2)9-8-19(18)16-33-37(31)25-32-17-23(27)24(35-25)36-10-12-38-13-11-36/h4,6-9,14-17,34H,2-3,5,10-13,31H2,1H3/b33-16+. The normalized spacial score (nSPS) is 14.2. The molecule has 38 heavy (non-hydrogen) atoms. The van der Waals surface area contributed by atoms with Crippen LogP contribution in [0.25, 0.3) is 0 Å². The molecule has 4 rings (SSSR count). The summed E-state index contributed by atoms with van der Waals surface area (Å²) >= 11 is -1.52. The lowest BCUT2D eigenvalue weighted by Gasteiger charge is -2.28. The second-order valence-electron chi connectivity index (χ2n) is 8.53. The minimum absolute atomic E-state index is 0.0364. The van der Waals surface area contributed by atoms with Crippen LogP contribution in [0, 0.1) is 5.82 Å². The molecule has 1 saturated heterocycles. The van der Waals surface area contributed by atoms with E-state index in [1.807, 2.05) is 18.2 Å². The zero-order chi connectivity index (χ0) is 27.1. The van der Waals surface area contributed by atoms with Crippen molar-refractivity contribution in [2.45, 2.75) is 23.7 Å². The number of benzene rings is 2. The Morgan fingerprint density at radius 2 is 2.00 bits per heavy atom. The number of nitrogens with two attached hydrogens (primary N) is 1. The molecule has 2 aromatic carbocycles. The summed E-state index contributed by atoms with van der Waals surface area (Å²) in [4.78, 5) is 10.0. The highest BCUT2D eigenvalue weighted by atomic mass is 127. The van der Waals surface area contributed by atoms with Gasteiger partial charge < -0.3 is 15.0 Å². The lowest BCUT2D eigenvalue weighted by atomic mass is 10.0. The summed E-state index contributed by atoms with van der Waals surface area (Å²) in [5.41, 5.74) is 3.11. The highest BCUT2D eigenvalue weighted by Crippen LogP contribution is 2.39. The molecular weight excluding hydrogens is 610 g/mol. The number of nitrogens with zero attached hydrogens (tertiary/aromatic N) is 5. The van der Waals surface area contributed by atoms with Crippen LogP contribution in [0.1, 0.15) is 30.0 Å². The van der Waals surface area contributed by atoms with E-state index in [-0.39, 0.29) is 17.3 Å². The van der Waals surface area contributed by atoms with Gasteiger partial charge in [0.05, 0.1) is 25.6 Å². The Morgan fingerprint density at radius 3 is 2.74 bits per heavy atom. The van der Waals surface area contributed by atoms with Gasteiger partial charge in [-0.2, -0.15) is 24.0 Å². The van der Waals surface area contributed by atoms with Gasteiger partial charge in [0.15, 0.2) is 11.6 Å². The van der Waals surface area contributed by atoms with Crippen LogP contribution < -0.4 is 21.2 Å². The summed E-state index contributed by atoms with van der Waals surface area (Å²) in [5, 5.41) is 8.49. The van der Waals surface area contributed by atoms with Gasteiger partial charge in [-0.05, 0) is 62.5 Å². The number of ether oxygens (including phenoxy) is 1. The minimum Gasteiger partial charge on any atom is -0.378 e. The molecule has 1 aliphatic heterocycles. The molecule has 0 saturated carbocycles. The molecule has 2 heterocycles. The number of hydrazone groups is 1. The Labute approximate surface area is 229 Å². The molecule has 1 fully saturated rings. The summed E-state index contributed by atoms with van der Waals surface area (Å²) in [6.07, 6.45) is 4.32. The maximum absolute atomic E-state index is 14.3. The van der Waals surface area contributed by atoms with E-state index in [1.165, 1.54) is 12.1 Å². The van der Waals surface area contributed by atoms with Crippen LogP contribution in [0.3, 0.4) is 0 Å². The fourth-order valence-electron chi connectivity index (χ4n) is 3.94. The first-order chi connectivity index (χ1) is 18.3. The number of hydrogen-bond acceptors (Lipinski definition) is 8. The van der Waals surface area contributed by atoms with E-state index in [1.54, 1.807) is 23.2 Å². The second kappa shape index (κ2) is 12.6. The summed E-state index contributed by atoms with van der Waals surface area (Å²) in [7, 11) is 0. The Morgan fingerprint density at radius 1 is 1.24 bits per heavy atom. The van der Waals surface area contributed by atoms with Gasteiger partial charge in [0, 0.05) is 30.0 Å². The summed E-state index contributed by atoms with van der Waals surface area (Å²) in [6.45, 7) is 4.08. The first-order valence-corrected chi connectivity index (χ1v) is 14.6. The Hall–Kier alpha value is -3.10. The van der Waals surface area contributed by atoms with Crippen molar-refractivity contribution in [1.29, 1.82) is 0 Å². The lowest BCUT2D eigenvalue weighted by Crippen LogP contribution is -2.38. The Kier molecular flexibility index (Phi) is 9.28. The molecule has 8 nitrogen and oxygen atoms in total. The molecule has 0 spiro atoms. The van der Waals surface area contributed by atoms with Crippen molar-refractivity contribution < 1.29 is 17.9 Å². The molecule has 0 amide bonds. The molecule has 1 aromatic heterocycles. The number of aryl methyl sites for hydroxylation is 1. The molecule has 0 radical (unpaired) electrons. The van der Waals surface area contributed by atoms with Crippen molar-refractivity contribution in [1.82, 2.24) is 9.97 Å². The van der Waals surface area contributed by atoms with Crippen molar-refractivity contribution in [2.75, 3.05) is 41.6 Å². The number of alkyl halides is 3. The van der Waals surface area contributed by atoms with E-state index in [0.717, 1.165) is 41.0 Å². The molecule has 0 aliphatic carbocycles. The zero-order valence-corrected chi connectivity index (χ0v) is 23.0. The van der Waals surface area contributed by atoms with Crippen molar-refractivity contribution in [3.05, 3.63) is 71.2 Å². The van der Waals surface area contributed by atoms with Crippen LogP contribution in [0.2, 0.25) is 0 Å². The highest BCUT2D eigenvalue weighted by Gasteiger charge is 2.28.